The normalized spacial score (nSPS) is 18.3. The monoisotopic (exact) mass is 386 g/mol. The topological polar surface area (TPSA) is 82.9 Å². The van der Waals surface area contributed by atoms with Crippen LogP contribution in [0.3, 0.4) is 0 Å². The minimum Gasteiger partial charge on any atom is -0.326 e. The van der Waals surface area contributed by atoms with Gasteiger partial charge in [-0.25, -0.2) is 0 Å². The predicted molar refractivity (Wildman–Crippen MR) is 106 cm³/mol. The third-order valence-corrected chi connectivity index (χ3v) is 4.87. The van der Waals surface area contributed by atoms with Gasteiger partial charge in [0.15, 0.2) is 5.17 Å². The first-order valence-corrected chi connectivity index (χ1v) is 9.05. The highest BCUT2D eigenvalue weighted by atomic mass is 35.5. The first kappa shape index (κ1) is 18.2. The van der Waals surface area contributed by atoms with Crippen LogP contribution < -0.4 is 10.6 Å². The van der Waals surface area contributed by atoms with E-state index in [1.165, 1.54) is 18.0 Å². The number of nitrogens with zero attached hydrogens (tertiary/aromatic N) is 2. The minimum absolute atomic E-state index is 0.0542. The van der Waals surface area contributed by atoms with Gasteiger partial charge in [0, 0.05) is 22.7 Å². The van der Waals surface area contributed by atoms with Crippen molar-refractivity contribution in [2.24, 2.45) is 10.2 Å². The van der Waals surface area contributed by atoms with Crippen molar-refractivity contribution < 1.29 is 9.59 Å². The van der Waals surface area contributed by atoms with Crippen LogP contribution >= 0.6 is 23.4 Å². The van der Waals surface area contributed by atoms with E-state index in [0.717, 1.165) is 5.56 Å². The molecule has 0 spiro atoms. The molecule has 2 amide bonds. The molecule has 0 saturated carbocycles. The van der Waals surface area contributed by atoms with Gasteiger partial charge in [0.2, 0.25) is 11.8 Å². The van der Waals surface area contributed by atoms with E-state index in [1.807, 2.05) is 36.4 Å². The largest absolute Gasteiger partial charge is 0.326 e. The van der Waals surface area contributed by atoms with E-state index >= 15 is 0 Å². The van der Waals surface area contributed by atoms with Gasteiger partial charge in [-0.15, -0.1) is 5.10 Å². The lowest BCUT2D eigenvalue weighted by molar-refractivity contribution is -0.122. The van der Waals surface area contributed by atoms with E-state index in [9.17, 15) is 9.59 Å². The molecule has 1 heterocycles. The van der Waals surface area contributed by atoms with Crippen LogP contribution in [0.15, 0.2) is 64.8 Å². The smallest absolute Gasteiger partial charge is 0.240 e. The van der Waals surface area contributed by atoms with Gasteiger partial charge in [0.05, 0.1) is 6.21 Å². The zero-order chi connectivity index (χ0) is 18.4. The summed E-state index contributed by atoms with van der Waals surface area (Å²) < 4.78 is 0. The number of nitrogens with one attached hydrogen (secondary N) is 2. The van der Waals surface area contributed by atoms with Crippen molar-refractivity contribution >= 4 is 52.2 Å². The van der Waals surface area contributed by atoms with Gasteiger partial charge in [-0.2, -0.15) is 5.10 Å². The first-order valence-electron chi connectivity index (χ1n) is 7.80. The summed E-state index contributed by atoms with van der Waals surface area (Å²) in [5.41, 5.74) is 1.42. The minimum atomic E-state index is -0.534. The van der Waals surface area contributed by atoms with Crippen molar-refractivity contribution in [3.05, 3.63) is 65.2 Å². The van der Waals surface area contributed by atoms with Gasteiger partial charge >= 0.3 is 0 Å². The lowest BCUT2D eigenvalue weighted by Crippen LogP contribution is -2.28. The number of para-hydroxylation sites is 1. The molecule has 6 nitrogen and oxygen atoms in total. The molecule has 2 aromatic carbocycles. The molecule has 0 aliphatic carbocycles. The molecule has 3 rings (SSSR count). The van der Waals surface area contributed by atoms with E-state index in [-0.39, 0.29) is 18.2 Å². The Balaban J connectivity index is 1.56. The van der Waals surface area contributed by atoms with Crippen LogP contribution in [0, 0.1) is 0 Å². The molecule has 2 N–H and O–H groups in total. The van der Waals surface area contributed by atoms with Crippen molar-refractivity contribution in [2.45, 2.75) is 11.7 Å². The molecule has 0 aromatic heterocycles. The van der Waals surface area contributed by atoms with Gasteiger partial charge in [0.25, 0.3) is 0 Å². The van der Waals surface area contributed by atoms with Crippen molar-refractivity contribution in [1.82, 2.24) is 5.32 Å². The lowest BCUT2D eigenvalue weighted by atomic mass is 10.2. The lowest BCUT2D eigenvalue weighted by Gasteiger charge is -2.06. The van der Waals surface area contributed by atoms with Crippen LogP contribution in [-0.2, 0) is 9.59 Å². The molecule has 1 atom stereocenters. The Kier molecular flexibility index (Phi) is 6.04. The van der Waals surface area contributed by atoms with E-state index in [4.69, 9.17) is 11.6 Å². The molecule has 1 aliphatic rings. The number of thioether (sulfide) groups is 1. The van der Waals surface area contributed by atoms with Gasteiger partial charge < -0.3 is 10.6 Å². The standard InChI is InChI=1S/C18H15ClN4O2S/c19-14-9-5-4-6-12(14)11-20-23-18-22-17(25)15(26-18)10-16(24)21-13-7-2-1-3-8-13/h1-9,11,15H,10H2,(H,21,24)(H,22,23,25)/b20-11-/t15-/m1/s1. The first-order chi connectivity index (χ1) is 12.6. The SMILES string of the molecule is O=C(C[C@H]1S/C(=N\N=C/c2ccccc2Cl)NC1=O)Nc1ccccc1. The van der Waals surface area contributed by atoms with Crippen molar-refractivity contribution in [3.63, 3.8) is 0 Å². The molecule has 1 saturated heterocycles. The fraction of sp³-hybridized carbons (Fsp3) is 0.111. The van der Waals surface area contributed by atoms with Crippen LogP contribution in [0.5, 0.6) is 0 Å². The molecule has 26 heavy (non-hydrogen) atoms. The number of amides is 2. The van der Waals surface area contributed by atoms with E-state index in [2.05, 4.69) is 20.8 Å². The van der Waals surface area contributed by atoms with Gasteiger partial charge in [-0.1, -0.05) is 59.8 Å². The zero-order valence-corrected chi connectivity index (χ0v) is 15.1. The maximum absolute atomic E-state index is 12.1. The van der Waals surface area contributed by atoms with Crippen LogP contribution in [0.25, 0.3) is 0 Å². The second kappa shape index (κ2) is 8.64. The fourth-order valence-electron chi connectivity index (χ4n) is 2.21. The molecule has 0 unspecified atom stereocenters. The predicted octanol–water partition coefficient (Wildman–Crippen LogP) is 3.29. The molecule has 8 heteroatoms. The number of amidine groups is 1. The highest BCUT2D eigenvalue weighted by Gasteiger charge is 2.32. The summed E-state index contributed by atoms with van der Waals surface area (Å²) in [4.78, 5) is 24.1. The summed E-state index contributed by atoms with van der Waals surface area (Å²) in [5, 5.41) is 13.7. The van der Waals surface area contributed by atoms with E-state index < -0.39 is 5.25 Å². The number of anilines is 1. The second-order valence-electron chi connectivity index (χ2n) is 5.39. The molecular formula is C18H15ClN4O2S. The summed E-state index contributed by atoms with van der Waals surface area (Å²) in [7, 11) is 0. The molecule has 1 fully saturated rings. The van der Waals surface area contributed by atoms with Gasteiger partial charge in [-0.05, 0) is 18.2 Å². The van der Waals surface area contributed by atoms with Crippen molar-refractivity contribution in [1.29, 1.82) is 0 Å². The Bertz CT molecular complexity index is 871. The summed E-state index contributed by atoms with van der Waals surface area (Å²) in [6.45, 7) is 0. The number of hydrogen-bond donors (Lipinski definition) is 2. The van der Waals surface area contributed by atoms with Crippen LogP contribution in [-0.4, -0.2) is 28.4 Å². The Morgan fingerprint density at radius 1 is 1.19 bits per heavy atom. The second-order valence-corrected chi connectivity index (χ2v) is 6.98. The van der Waals surface area contributed by atoms with Crippen LogP contribution in [0.2, 0.25) is 5.02 Å². The number of halogens is 1. The number of carbonyl (C=O) groups is 2. The molecular weight excluding hydrogens is 372 g/mol. The fourth-order valence-corrected chi connectivity index (χ4v) is 3.32. The van der Waals surface area contributed by atoms with Gasteiger partial charge in [0.1, 0.15) is 5.25 Å². The maximum Gasteiger partial charge on any atom is 0.240 e. The molecule has 0 radical (unpaired) electrons. The maximum atomic E-state index is 12.1. The molecule has 2 aromatic rings. The van der Waals surface area contributed by atoms with Crippen LogP contribution in [0.4, 0.5) is 5.69 Å². The number of benzene rings is 2. The Morgan fingerprint density at radius 3 is 2.69 bits per heavy atom. The molecule has 0 bridgehead atoms. The van der Waals surface area contributed by atoms with Crippen LogP contribution in [0.1, 0.15) is 12.0 Å². The number of hydrogen-bond acceptors (Lipinski definition) is 5. The highest BCUT2D eigenvalue weighted by molar-refractivity contribution is 8.15. The van der Waals surface area contributed by atoms with Gasteiger partial charge in [-0.3, -0.25) is 9.59 Å². The van der Waals surface area contributed by atoms with Crippen molar-refractivity contribution in [2.75, 3.05) is 5.32 Å². The summed E-state index contributed by atoms with van der Waals surface area (Å²) in [5.74, 6) is -0.491. The Morgan fingerprint density at radius 2 is 1.92 bits per heavy atom. The Labute approximate surface area is 159 Å². The van der Waals surface area contributed by atoms with Crippen molar-refractivity contribution in [3.8, 4) is 0 Å². The summed E-state index contributed by atoms with van der Waals surface area (Å²) in [6, 6.07) is 16.3. The average molecular weight is 387 g/mol. The number of carbonyl (C=O) groups excluding carboxylic acids is 2. The number of rotatable bonds is 5. The van der Waals surface area contributed by atoms with E-state index in [1.54, 1.807) is 18.2 Å². The van der Waals surface area contributed by atoms with E-state index in [0.29, 0.717) is 15.9 Å². The molecule has 1 aliphatic heterocycles. The third kappa shape index (κ3) is 4.93. The molecule has 132 valence electrons. The average Bonchev–Trinajstić information content (AvgIpc) is 2.97. The quantitative estimate of drug-likeness (QED) is 0.611. The summed E-state index contributed by atoms with van der Waals surface area (Å²) >= 11 is 7.21. The Hall–Kier alpha value is -2.64. The summed E-state index contributed by atoms with van der Waals surface area (Å²) in [6.07, 6.45) is 1.57. The zero-order valence-electron chi connectivity index (χ0n) is 13.6. The highest BCUT2D eigenvalue weighted by Crippen LogP contribution is 2.23. The third-order valence-electron chi connectivity index (χ3n) is 3.46.